The minimum atomic E-state index is 0. The van der Waals surface area contributed by atoms with Crippen LogP contribution in [-0.2, 0) is 24.7 Å². The molecule has 0 aromatic carbocycles. The zero-order chi connectivity index (χ0) is 2.71. The van der Waals surface area contributed by atoms with Crippen LogP contribution in [0.25, 0.3) is 0 Å². The number of hydrogen-bond donors (Lipinski definition) is 1. The molecule has 0 amide bonds. The van der Waals surface area contributed by atoms with Gasteiger partial charge in [-0.15, -0.1) is 24.8 Å². The Morgan fingerprint density at radius 2 is 1.40 bits per heavy atom. The Kier molecular flexibility index (Phi) is 58.5. The fourth-order valence-electron chi connectivity index (χ4n) is 0. The van der Waals surface area contributed by atoms with E-state index in [0.717, 1.165) is 24.7 Å². The summed E-state index contributed by atoms with van der Waals surface area (Å²) in [5.74, 6) is 0. The van der Waals surface area contributed by atoms with Gasteiger partial charge in [0.2, 0.25) is 0 Å². The Labute approximate surface area is 59.7 Å². The summed E-state index contributed by atoms with van der Waals surface area (Å²) in [4.78, 5) is 0. The van der Waals surface area contributed by atoms with Gasteiger partial charge in [0.1, 0.15) is 0 Å². The zero-order valence-electron chi connectivity index (χ0n) is 2.82. The van der Waals surface area contributed by atoms with Crippen LogP contribution in [0.3, 0.4) is 0 Å². The molecule has 0 saturated carbocycles. The third kappa shape index (κ3) is 31.6. The molecule has 0 heterocycles. The predicted octanol–water partition coefficient (Wildman–Crippen LogP) is 0.511. The van der Waals surface area contributed by atoms with Gasteiger partial charge in [-0.2, -0.15) is 0 Å². The molecule has 1 nitrogen and oxygen atoms in total. The van der Waals surface area contributed by atoms with Crippen LogP contribution in [0, 0.1) is 0 Å². The van der Waals surface area contributed by atoms with Gasteiger partial charge in [-0.1, -0.05) is 0 Å². The summed E-state index contributed by atoms with van der Waals surface area (Å²) >= 11 is 1.12. The molecule has 0 radical (unpaired) electrons. The van der Waals surface area contributed by atoms with Gasteiger partial charge >= 0.3 is 35.0 Å². The maximum atomic E-state index is 2.89. The fourth-order valence-corrected chi connectivity index (χ4v) is 0. The summed E-state index contributed by atoms with van der Waals surface area (Å²) in [5.41, 5.74) is 0. The van der Waals surface area contributed by atoms with Crippen molar-refractivity contribution in [2.75, 3.05) is 7.05 Å². The van der Waals surface area contributed by atoms with Crippen molar-refractivity contribution in [3.63, 3.8) is 0 Å². The topological polar surface area (TPSA) is 12.0 Å². The van der Waals surface area contributed by atoms with Gasteiger partial charge in [0.25, 0.3) is 0 Å². The Morgan fingerprint density at radius 1 is 1.40 bits per heavy atom. The van der Waals surface area contributed by atoms with Crippen LogP contribution < -0.4 is 3.30 Å². The summed E-state index contributed by atoms with van der Waals surface area (Å²) in [5, 5.41) is 0. The van der Waals surface area contributed by atoms with Crippen molar-refractivity contribution in [1.82, 2.24) is 3.30 Å². The van der Waals surface area contributed by atoms with Crippen LogP contribution in [0.15, 0.2) is 0 Å². The average Bonchev–Trinajstić information content (AvgIpc) is 0.918. The van der Waals surface area contributed by atoms with E-state index < -0.39 is 0 Å². The molecule has 33 valence electrons. The average molecular weight is 281 g/mol. The van der Waals surface area contributed by atoms with E-state index >= 15 is 0 Å². The van der Waals surface area contributed by atoms with E-state index in [1.165, 1.54) is 0 Å². The largest absolute Gasteiger partial charge is 0.147 e. The Hall–Kier alpha value is 1.41. The van der Waals surface area contributed by atoms with Gasteiger partial charge in [0, 0.05) is 0 Å². The number of rotatable bonds is 0. The molecule has 0 atom stereocenters. The van der Waals surface area contributed by atoms with Gasteiger partial charge in [-0.25, -0.2) is 0 Å². The molecule has 0 saturated heterocycles. The van der Waals surface area contributed by atoms with Gasteiger partial charge in [0.05, 0.1) is 0 Å². The summed E-state index contributed by atoms with van der Waals surface area (Å²) in [6.45, 7) is 0. The van der Waals surface area contributed by atoms with Gasteiger partial charge in [-0.3, -0.25) is 0 Å². The minimum absolute atomic E-state index is 0. The molecule has 0 aromatic heterocycles. The minimum Gasteiger partial charge on any atom is -0.147 e. The van der Waals surface area contributed by atoms with Crippen molar-refractivity contribution in [2.45, 2.75) is 0 Å². The van der Waals surface area contributed by atoms with Crippen LogP contribution in [0.1, 0.15) is 0 Å². The normalized spacial score (nSPS) is 3.20. The Balaban J connectivity index is -0.0000000200. The molecule has 0 spiro atoms. The maximum absolute atomic E-state index is 2.89. The van der Waals surface area contributed by atoms with Crippen molar-refractivity contribution < 1.29 is 24.7 Å². The van der Waals surface area contributed by atoms with E-state index in [0.29, 0.717) is 0 Å². The van der Waals surface area contributed by atoms with Crippen molar-refractivity contribution in [3.05, 3.63) is 0 Å². The summed E-state index contributed by atoms with van der Waals surface area (Å²) in [7, 11) is 1.94. The van der Waals surface area contributed by atoms with Gasteiger partial charge in [0.15, 0.2) is 0 Å². The molecule has 0 aliphatic carbocycles. The van der Waals surface area contributed by atoms with E-state index in [2.05, 4.69) is 3.30 Å². The van der Waals surface area contributed by atoms with E-state index in [9.17, 15) is 0 Å². The van der Waals surface area contributed by atoms with Crippen LogP contribution in [0.4, 0.5) is 0 Å². The zero-order valence-corrected chi connectivity index (χ0v) is 8.04. The second-order valence-electron chi connectivity index (χ2n) is 0.250. The molecule has 0 aliphatic heterocycles. The number of nitrogens with one attached hydrogen (secondary N) is 1. The molecular formula is CH6Cl2HfN. The monoisotopic (exact) mass is 282 g/mol. The van der Waals surface area contributed by atoms with Crippen LogP contribution in [0.2, 0.25) is 0 Å². The standard InChI is InChI=1S/CH4N.2ClH.Hf/c1-2;;;/h2H,1H3;2*1H;/q-1;;;+1. The second-order valence-corrected chi connectivity index (χ2v) is 2.05. The molecule has 5 heavy (non-hydrogen) atoms. The first-order valence-corrected chi connectivity index (χ1v) is 2.55. The maximum Gasteiger partial charge on any atom is -0.147 e. The van der Waals surface area contributed by atoms with E-state index in [-0.39, 0.29) is 24.8 Å². The molecule has 0 aromatic rings. The molecule has 0 aliphatic rings. The van der Waals surface area contributed by atoms with Crippen LogP contribution in [-0.4, -0.2) is 7.05 Å². The number of halogens is 2. The first kappa shape index (κ1) is 16.1. The summed E-state index contributed by atoms with van der Waals surface area (Å²) in [6.07, 6.45) is 0. The van der Waals surface area contributed by atoms with Crippen molar-refractivity contribution in [3.8, 4) is 0 Å². The molecule has 1 N–H and O–H groups in total. The smallest absolute Gasteiger partial charge is 0.147 e. The van der Waals surface area contributed by atoms with Crippen LogP contribution in [0.5, 0.6) is 0 Å². The number of hydrogen-bond acceptors (Lipinski definition) is 1. The van der Waals surface area contributed by atoms with E-state index in [4.69, 9.17) is 0 Å². The first-order valence-electron chi connectivity index (χ1n) is 0.750. The fraction of sp³-hybridized carbons (Fsp3) is 1.00. The van der Waals surface area contributed by atoms with E-state index in [1.54, 1.807) is 0 Å². The third-order valence-electron chi connectivity index (χ3n) is 0. The summed E-state index contributed by atoms with van der Waals surface area (Å²) in [6, 6.07) is 0. The van der Waals surface area contributed by atoms with Crippen molar-refractivity contribution in [1.29, 1.82) is 0 Å². The molecule has 0 unspecified atom stereocenters. The van der Waals surface area contributed by atoms with Crippen LogP contribution >= 0.6 is 24.8 Å². The Bertz CT molecular complexity index is 9.61. The Morgan fingerprint density at radius 3 is 1.40 bits per heavy atom. The second kappa shape index (κ2) is 18.1. The molecule has 4 heteroatoms. The van der Waals surface area contributed by atoms with E-state index in [1.807, 2.05) is 7.05 Å². The van der Waals surface area contributed by atoms with Gasteiger partial charge in [-0.05, 0) is 0 Å². The first-order chi connectivity index (χ1) is 1.41. The molecule has 0 bridgehead atoms. The van der Waals surface area contributed by atoms with Crippen molar-refractivity contribution in [2.24, 2.45) is 0 Å². The molecule has 0 rings (SSSR count). The predicted molar refractivity (Wildman–Crippen MR) is 23.6 cm³/mol. The molecule has 0 fully saturated rings. The quantitative estimate of drug-likeness (QED) is 0.638. The summed E-state index contributed by atoms with van der Waals surface area (Å²) < 4.78 is 2.89. The SMILES string of the molecule is C[NH][Hf].Cl.Cl. The van der Waals surface area contributed by atoms with Crippen molar-refractivity contribution >= 4 is 24.8 Å². The van der Waals surface area contributed by atoms with Gasteiger partial charge < -0.3 is 0 Å². The third-order valence-corrected chi connectivity index (χ3v) is 0. The molecular weight excluding hydrogens is 275 g/mol.